The van der Waals surface area contributed by atoms with Crippen molar-refractivity contribution in [1.29, 1.82) is 0 Å². The van der Waals surface area contributed by atoms with E-state index < -0.39 is 0 Å². The lowest BCUT2D eigenvalue weighted by Crippen LogP contribution is -1.83. The van der Waals surface area contributed by atoms with Gasteiger partial charge in [-0.25, -0.2) is 0 Å². The first kappa shape index (κ1) is 10.9. The third-order valence-corrected chi connectivity index (χ3v) is 3.86. The Morgan fingerprint density at radius 3 is 2.73 bits per heavy atom. The van der Waals surface area contributed by atoms with E-state index in [9.17, 15) is 0 Å². The standard InChI is InChI=1S/C13H13BrS/c1-2-10-7-13(15-9-10)8-11-4-3-5-12(14)6-11/h3-7,9H,2,8H2,1H3. The molecule has 0 atom stereocenters. The van der Waals surface area contributed by atoms with Crippen LogP contribution in [0.3, 0.4) is 0 Å². The molecule has 78 valence electrons. The summed E-state index contributed by atoms with van der Waals surface area (Å²) >= 11 is 5.36. The summed E-state index contributed by atoms with van der Waals surface area (Å²) in [5, 5.41) is 2.26. The molecule has 0 bridgehead atoms. The van der Waals surface area contributed by atoms with Crippen LogP contribution in [0.2, 0.25) is 0 Å². The summed E-state index contributed by atoms with van der Waals surface area (Å²) in [7, 11) is 0. The molecule has 0 radical (unpaired) electrons. The van der Waals surface area contributed by atoms with Crippen LogP contribution >= 0.6 is 27.3 Å². The predicted octanol–water partition coefficient (Wildman–Crippen LogP) is 4.66. The smallest absolute Gasteiger partial charge is 0.0178 e. The van der Waals surface area contributed by atoms with E-state index in [4.69, 9.17) is 0 Å². The van der Waals surface area contributed by atoms with Crippen molar-refractivity contribution in [3.63, 3.8) is 0 Å². The van der Waals surface area contributed by atoms with Gasteiger partial charge in [-0.2, -0.15) is 0 Å². The van der Waals surface area contributed by atoms with Crippen LogP contribution in [0, 0.1) is 0 Å². The maximum absolute atomic E-state index is 3.50. The Balaban J connectivity index is 2.14. The van der Waals surface area contributed by atoms with Gasteiger partial charge in [0.25, 0.3) is 0 Å². The van der Waals surface area contributed by atoms with Gasteiger partial charge < -0.3 is 0 Å². The molecule has 0 saturated carbocycles. The van der Waals surface area contributed by atoms with Crippen molar-refractivity contribution in [1.82, 2.24) is 0 Å². The molecule has 0 aliphatic rings. The molecular weight excluding hydrogens is 268 g/mol. The number of benzene rings is 1. The fraction of sp³-hybridized carbons (Fsp3) is 0.231. The minimum Gasteiger partial charge on any atom is -0.148 e. The van der Waals surface area contributed by atoms with Crippen LogP contribution in [-0.4, -0.2) is 0 Å². The second-order valence-corrected chi connectivity index (χ2v) is 5.49. The molecule has 0 aliphatic heterocycles. The molecule has 0 unspecified atom stereocenters. The summed E-state index contributed by atoms with van der Waals surface area (Å²) in [4.78, 5) is 1.45. The quantitative estimate of drug-likeness (QED) is 0.767. The zero-order valence-electron chi connectivity index (χ0n) is 8.66. The highest BCUT2D eigenvalue weighted by Crippen LogP contribution is 2.20. The Kier molecular flexibility index (Phi) is 3.60. The number of hydrogen-bond donors (Lipinski definition) is 0. The van der Waals surface area contributed by atoms with Crippen molar-refractivity contribution in [2.24, 2.45) is 0 Å². The fourth-order valence-electron chi connectivity index (χ4n) is 1.55. The zero-order chi connectivity index (χ0) is 10.7. The Morgan fingerprint density at radius 1 is 1.20 bits per heavy atom. The molecule has 0 nitrogen and oxygen atoms in total. The molecule has 0 saturated heterocycles. The van der Waals surface area contributed by atoms with E-state index in [0.29, 0.717) is 0 Å². The Bertz CT molecular complexity index is 445. The SMILES string of the molecule is CCc1csc(Cc2cccc(Br)c2)c1. The molecule has 2 rings (SSSR count). The number of halogens is 1. The first-order valence-electron chi connectivity index (χ1n) is 5.08. The second kappa shape index (κ2) is 4.95. The lowest BCUT2D eigenvalue weighted by molar-refractivity contribution is 1.14. The minimum absolute atomic E-state index is 1.05. The van der Waals surface area contributed by atoms with E-state index in [1.54, 1.807) is 0 Å². The van der Waals surface area contributed by atoms with Gasteiger partial charge in [-0.15, -0.1) is 11.3 Å². The van der Waals surface area contributed by atoms with Crippen molar-refractivity contribution in [3.8, 4) is 0 Å². The summed E-state index contributed by atoms with van der Waals surface area (Å²) in [5.74, 6) is 0. The van der Waals surface area contributed by atoms with Crippen molar-refractivity contribution in [2.75, 3.05) is 0 Å². The number of aryl methyl sites for hydroxylation is 1. The third kappa shape index (κ3) is 2.93. The molecule has 0 N–H and O–H groups in total. The van der Waals surface area contributed by atoms with Crippen molar-refractivity contribution in [2.45, 2.75) is 19.8 Å². The number of thiophene rings is 1. The maximum atomic E-state index is 3.50. The summed E-state index contributed by atoms with van der Waals surface area (Å²) in [6.45, 7) is 2.20. The minimum atomic E-state index is 1.05. The fourth-order valence-corrected chi connectivity index (χ4v) is 3.01. The second-order valence-electron chi connectivity index (χ2n) is 3.58. The van der Waals surface area contributed by atoms with Gasteiger partial charge in [-0.3, -0.25) is 0 Å². The molecular formula is C13H13BrS. The van der Waals surface area contributed by atoms with Gasteiger partial charge in [-0.1, -0.05) is 35.0 Å². The molecule has 2 aromatic rings. The average molecular weight is 281 g/mol. The highest BCUT2D eigenvalue weighted by atomic mass is 79.9. The summed E-state index contributed by atoms with van der Waals surface area (Å²) < 4.78 is 1.16. The van der Waals surface area contributed by atoms with E-state index in [0.717, 1.165) is 17.3 Å². The van der Waals surface area contributed by atoms with E-state index in [1.165, 1.54) is 16.0 Å². The Labute approximate surface area is 103 Å². The van der Waals surface area contributed by atoms with Gasteiger partial charge >= 0.3 is 0 Å². The molecule has 0 aliphatic carbocycles. The van der Waals surface area contributed by atoms with Gasteiger partial charge in [0.05, 0.1) is 0 Å². The van der Waals surface area contributed by atoms with Crippen LogP contribution in [0.25, 0.3) is 0 Å². The molecule has 1 aromatic heterocycles. The van der Waals surface area contributed by atoms with Crippen LogP contribution in [0.4, 0.5) is 0 Å². The summed E-state index contributed by atoms with van der Waals surface area (Å²) in [6.07, 6.45) is 2.18. The predicted molar refractivity (Wildman–Crippen MR) is 70.6 cm³/mol. The van der Waals surface area contributed by atoms with E-state index >= 15 is 0 Å². The van der Waals surface area contributed by atoms with Crippen molar-refractivity contribution in [3.05, 3.63) is 56.2 Å². The van der Waals surface area contributed by atoms with Crippen molar-refractivity contribution < 1.29 is 0 Å². The van der Waals surface area contributed by atoms with Gasteiger partial charge in [-0.05, 0) is 41.1 Å². The van der Waals surface area contributed by atoms with Crippen LogP contribution < -0.4 is 0 Å². The van der Waals surface area contributed by atoms with Gasteiger partial charge in [0.2, 0.25) is 0 Å². The van der Waals surface area contributed by atoms with E-state index in [-0.39, 0.29) is 0 Å². The monoisotopic (exact) mass is 280 g/mol. The van der Waals surface area contributed by atoms with E-state index in [1.807, 2.05) is 11.3 Å². The average Bonchev–Trinajstić information content (AvgIpc) is 2.65. The van der Waals surface area contributed by atoms with Crippen LogP contribution in [-0.2, 0) is 12.8 Å². The van der Waals surface area contributed by atoms with Gasteiger partial charge in [0.15, 0.2) is 0 Å². The van der Waals surface area contributed by atoms with Crippen LogP contribution in [0.15, 0.2) is 40.2 Å². The molecule has 0 fully saturated rings. The highest BCUT2D eigenvalue weighted by Gasteiger charge is 2.00. The largest absolute Gasteiger partial charge is 0.148 e. The topological polar surface area (TPSA) is 0 Å². The van der Waals surface area contributed by atoms with Crippen molar-refractivity contribution >= 4 is 27.3 Å². The van der Waals surface area contributed by atoms with E-state index in [2.05, 4.69) is 58.6 Å². The van der Waals surface area contributed by atoms with Crippen LogP contribution in [0.1, 0.15) is 22.9 Å². The molecule has 0 amide bonds. The van der Waals surface area contributed by atoms with Gasteiger partial charge in [0.1, 0.15) is 0 Å². The van der Waals surface area contributed by atoms with Crippen LogP contribution in [0.5, 0.6) is 0 Å². The van der Waals surface area contributed by atoms with Gasteiger partial charge in [0, 0.05) is 15.8 Å². The molecule has 1 aromatic carbocycles. The number of hydrogen-bond acceptors (Lipinski definition) is 1. The lowest BCUT2D eigenvalue weighted by atomic mass is 10.1. The maximum Gasteiger partial charge on any atom is 0.0178 e. The number of rotatable bonds is 3. The summed E-state index contributed by atoms with van der Waals surface area (Å²) in [6, 6.07) is 10.8. The molecule has 1 heterocycles. The third-order valence-electron chi connectivity index (χ3n) is 2.38. The highest BCUT2D eigenvalue weighted by molar-refractivity contribution is 9.10. The first-order chi connectivity index (χ1) is 7.28. The molecule has 0 spiro atoms. The molecule has 15 heavy (non-hydrogen) atoms. The zero-order valence-corrected chi connectivity index (χ0v) is 11.1. The first-order valence-corrected chi connectivity index (χ1v) is 6.76. The molecule has 2 heteroatoms. The Hall–Kier alpha value is -0.600. The Morgan fingerprint density at radius 2 is 2.07 bits per heavy atom. The normalized spacial score (nSPS) is 10.5. The summed E-state index contributed by atoms with van der Waals surface area (Å²) in [5.41, 5.74) is 2.82. The lowest BCUT2D eigenvalue weighted by Gasteiger charge is -1.99.